The van der Waals surface area contributed by atoms with Crippen LogP contribution in [0, 0.1) is 16.2 Å². The van der Waals surface area contributed by atoms with E-state index < -0.39 is 70.5 Å². The number of ether oxygens (including phenoxy) is 3. The zero-order valence-corrected chi connectivity index (χ0v) is 22.2. The van der Waals surface area contributed by atoms with E-state index in [0.29, 0.717) is 11.4 Å². The van der Waals surface area contributed by atoms with Crippen LogP contribution >= 0.6 is 11.8 Å². The van der Waals surface area contributed by atoms with Crippen molar-refractivity contribution in [1.29, 1.82) is 0 Å². The summed E-state index contributed by atoms with van der Waals surface area (Å²) in [6.45, 7) is 5.30. The van der Waals surface area contributed by atoms with Crippen LogP contribution in [0.2, 0.25) is 0 Å². The Morgan fingerprint density at radius 3 is 2.36 bits per heavy atom. The van der Waals surface area contributed by atoms with E-state index in [0.717, 1.165) is 0 Å². The van der Waals surface area contributed by atoms with Gasteiger partial charge in [0.2, 0.25) is 0 Å². The van der Waals surface area contributed by atoms with Gasteiger partial charge in [0, 0.05) is 29.6 Å². The first-order valence-electron chi connectivity index (χ1n) is 12.6. The minimum Gasteiger partial charge on any atom is -0.461 e. The fraction of sp³-hybridized carbons (Fsp3) is 0.429. The number of nitrogens with zero attached hydrogens (tertiary/aromatic N) is 1. The number of carbonyl (C=O) groups excluding carboxylic acids is 4. The molecular weight excluding hydrogens is 528 g/mol. The van der Waals surface area contributed by atoms with Crippen molar-refractivity contribution in [2.24, 2.45) is 16.2 Å². The van der Waals surface area contributed by atoms with Crippen LogP contribution < -0.4 is 9.74 Å². The van der Waals surface area contributed by atoms with Crippen LogP contribution in [-0.2, 0) is 28.6 Å². The Morgan fingerprint density at radius 2 is 1.74 bits per heavy atom. The lowest BCUT2D eigenvalue weighted by molar-refractivity contribution is -0.204. The van der Waals surface area contributed by atoms with Crippen molar-refractivity contribution < 1.29 is 38.5 Å². The molecule has 1 amide bonds. The third-order valence-corrected chi connectivity index (χ3v) is 9.18. The molecule has 3 aliphatic heterocycles. The Bertz CT molecular complexity index is 1390. The number of hydrogen-bond acceptors (Lipinski definition) is 9. The molecule has 2 aromatic carbocycles. The van der Waals surface area contributed by atoms with Crippen LogP contribution in [0.5, 0.6) is 0 Å². The molecule has 2 aromatic rings. The molecule has 11 heteroatoms. The van der Waals surface area contributed by atoms with E-state index in [-0.39, 0.29) is 12.0 Å². The second-order valence-corrected chi connectivity index (χ2v) is 11.8. The first-order valence-corrected chi connectivity index (χ1v) is 13.0. The fourth-order valence-electron chi connectivity index (χ4n) is 7.21. The second-order valence-electron chi connectivity index (χ2n) is 11.6. The first-order chi connectivity index (χ1) is 18.4. The van der Waals surface area contributed by atoms with Crippen LogP contribution in [0.1, 0.15) is 44.0 Å². The number of amides is 1. The summed E-state index contributed by atoms with van der Waals surface area (Å²) in [5, 5.41) is 12.7. The quantitative estimate of drug-likeness (QED) is 0.332. The lowest BCUT2D eigenvalue weighted by Gasteiger charge is -2.51. The standard InChI is InChI=1S/C28H27ClN2O8/c1-25(2,3)27(36)13-18-26(14-19(32)37-18)24(35)39-23-28(26,27)20(38-22(34)15-7-5-4-6-8-15)21(33)31(23)17-11-9-16(30-29)10-12-17/h4-12,18,20,23,30,36H,13-14H2,1-3H3/t18-,20-,23-,26-,27+,28+/m0/s1. The van der Waals surface area contributed by atoms with Crippen molar-refractivity contribution in [3.05, 3.63) is 60.2 Å². The molecular formula is C28H27ClN2O8. The van der Waals surface area contributed by atoms with E-state index in [1.807, 2.05) is 0 Å². The van der Waals surface area contributed by atoms with Gasteiger partial charge in [0.1, 0.15) is 16.9 Å². The summed E-state index contributed by atoms with van der Waals surface area (Å²) in [6, 6.07) is 14.5. The molecule has 2 spiro atoms. The molecule has 0 aromatic heterocycles. The van der Waals surface area contributed by atoms with E-state index in [4.69, 9.17) is 26.0 Å². The van der Waals surface area contributed by atoms with Crippen LogP contribution in [0.25, 0.3) is 0 Å². The largest absolute Gasteiger partial charge is 0.461 e. The fourth-order valence-corrected chi connectivity index (χ4v) is 7.34. The van der Waals surface area contributed by atoms with Gasteiger partial charge in [-0.3, -0.25) is 24.1 Å². The highest BCUT2D eigenvalue weighted by molar-refractivity contribution is 6.24. The Hall–Kier alpha value is -3.63. The molecule has 0 unspecified atom stereocenters. The van der Waals surface area contributed by atoms with E-state index in [1.165, 1.54) is 17.0 Å². The summed E-state index contributed by atoms with van der Waals surface area (Å²) < 4.78 is 17.5. The second kappa shape index (κ2) is 8.19. The molecule has 6 rings (SSSR count). The predicted molar refractivity (Wildman–Crippen MR) is 137 cm³/mol. The summed E-state index contributed by atoms with van der Waals surface area (Å²) in [6.07, 6.45) is -4.68. The average molecular weight is 555 g/mol. The van der Waals surface area contributed by atoms with Gasteiger partial charge in [-0.15, -0.1) is 0 Å². The predicted octanol–water partition coefficient (Wildman–Crippen LogP) is 3.18. The summed E-state index contributed by atoms with van der Waals surface area (Å²) in [5.41, 5.74) is -5.36. The van der Waals surface area contributed by atoms with Crippen molar-refractivity contribution in [3.8, 4) is 0 Å². The highest BCUT2D eigenvalue weighted by Crippen LogP contribution is 2.76. The number of esters is 3. The van der Waals surface area contributed by atoms with E-state index in [9.17, 15) is 24.3 Å². The normalized spacial score (nSPS) is 34.7. The van der Waals surface area contributed by atoms with E-state index in [2.05, 4.69) is 4.84 Å². The minimum atomic E-state index is -1.86. The molecule has 1 saturated carbocycles. The van der Waals surface area contributed by atoms with Gasteiger partial charge in [-0.05, 0) is 41.8 Å². The maximum atomic E-state index is 14.3. The van der Waals surface area contributed by atoms with Gasteiger partial charge >= 0.3 is 17.9 Å². The van der Waals surface area contributed by atoms with Crippen LogP contribution in [0.15, 0.2) is 54.6 Å². The summed E-state index contributed by atoms with van der Waals surface area (Å²) in [7, 11) is 0. The maximum absolute atomic E-state index is 14.3. The molecule has 39 heavy (non-hydrogen) atoms. The smallest absolute Gasteiger partial charge is 0.338 e. The number of anilines is 2. The van der Waals surface area contributed by atoms with Crippen LogP contribution in [0.4, 0.5) is 11.4 Å². The lowest BCUT2D eigenvalue weighted by Crippen LogP contribution is -2.66. The number of benzene rings is 2. The number of rotatable bonds is 4. The molecule has 4 fully saturated rings. The van der Waals surface area contributed by atoms with Gasteiger partial charge in [0.05, 0.1) is 17.6 Å². The molecule has 3 heterocycles. The lowest BCUT2D eigenvalue weighted by atomic mass is 9.52. The molecule has 204 valence electrons. The van der Waals surface area contributed by atoms with Crippen molar-refractivity contribution in [2.75, 3.05) is 9.74 Å². The Labute approximate surface area is 229 Å². The number of carbonyl (C=O) groups is 4. The summed E-state index contributed by atoms with van der Waals surface area (Å²) in [4.78, 5) is 58.0. The number of hydrogen-bond donors (Lipinski definition) is 2. The van der Waals surface area contributed by atoms with Gasteiger partial charge < -0.3 is 19.3 Å². The third-order valence-electron chi connectivity index (χ3n) is 8.96. The van der Waals surface area contributed by atoms with Gasteiger partial charge in [-0.1, -0.05) is 39.0 Å². The van der Waals surface area contributed by atoms with Gasteiger partial charge in [-0.2, -0.15) is 0 Å². The number of nitrogens with one attached hydrogen (secondary N) is 1. The Morgan fingerprint density at radius 1 is 1.08 bits per heavy atom. The monoisotopic (exact) mass is 554 g/mol. The first kappa shape index (κ1) is 25.6. The van der Waals surface area contributed by atoms with Gasteiger partial charge in [0.15, 0.2) is 12.3 Å². The van der Waals surface area contributed by atoms with Crippen molar-refractivity contribution in [2.45, 2.75) is 57.6 Å². The molecule has 6 atom stereocenters. The van der Waals surface area contributed by atoms with Gasteiger partial charge in [-0.25, -0.2) is 4.79 Å². The maximum Gasteiger partial charge on any atom is 0.338 e. The Kier molecular flexibility index (Phi) is 5.38. The van der Waals surface area contributed by atoms with Crippen molar-refractivity contribution in [3.63, 3.8) is 0 Å². The zero-order valence-electron chi connectivity index (χ0n) is 21.5. The minimum absolute atomic E-state index is 0.135. The molecule has 4 aliphatic rings. The molecule has 3 saturated heterocycles. The number of halogens is 1. The highest BCUT2D eigenvalue weighted by Gasteiger charge is 2.93. The van der Waals surface area contributed by atoms with Crippen LogP contribution in [-0.4, -0.2) is 53.0 Å². The molecule has 0 bridgehead atoms. The van der Waals surface area contributed by atoms with Crippen LogP contribution in [0.3, 0.4) is 0 Å². The average Bonchev–Trinajstić information content (AvgIpc) is 3.51. The van der Waals surface area contributed by atoms with Crippen molar-refractivity contribution in [1.82, 2.24) is 0 Å². The Balaban J connectivity index is 1.60. The highest BCUT2D eigenvalue weighted by atomic mass is 35.5. The van der Waals surface area contributed by atoms with E-state index >= 15 is 0 Å². The molecule has 0 radical (unpaired) electrons. The molecule has 2 N–H and O–H groups in total. The SMILES string of the molecule is CC(C)(C)[C@]1(O)C[C@@H]2OC(=O)C[C@@]23C(=O)O[C@@H]2N(c4ccc(NCl)cc4)C(=O)[C@H](OC(=O)c4ccccc4)[C@]213. The summed E-state index contributed by atoms with van der Waals surface area (Å²) in [5.74, 6) is -2.93. The van der Waals surface area contributed by atoms with E-state index in [1.54, 1.807) is 63.2 Å². The van der Waals surface area contributed by atoms with Crippen molar-refractivity contribution >= 4 is 47.0 Å². The topological polar surface area (TPSA) is 131 Å². The third kappa shape index (κ3) is 3.01. The summed E-state index contributed by atoms with van der Waals surface area (Å²) >= 11 is 5.71. The number of aliphatic hydroxyl groups is 1. The van der Waals surface area contributed by atoms with Gasteiger partial charge in [0.25, 0.3) is 5.91 Å². The molecule has 1 aliphatic carbocycles. The zero-order chi connectivity index (χ0) is 28.0. The molecule has 10 nitrogen and oxygen atoms in total.